The molecule has 0 saturated carbocycles. The van der Waals surface area contributed by atoms with Gasteiger partial charge in [0.1, 0.15) is 18.8 Å². The summed E-state index contributed by atoms with van der Waals surface area (Å²) in [4.78, 5) is 24.0. The zero-order valence-electron chi connectivity index (χ0n) is 14.3. The summed E-state index contributed by atoms with van der Waals surface area (Å²) in [6, 6.07) is 16.4. The Balaban J connectivity index is 1.74. The van der Waals surface area contributed by atoms with E-state index in [9.17, 15) is 9.59 Å². The van der Waals surface area contributed by atoms with E-state index >= 15 is 0 Å². The number of benzene rings is 2. The second-order valence-electron chi connectivity index (χ2n) is 7.26. The van der Waals surface area contributed by atoms with Crippen LogP contribution in [0.3, 0.4) is 0 Å². The van der Waals surface area contributed by atoms with Crippen LogP contribution in [0.15, 0.2) is 48.5 Å². The number of ketones is 1. The topological polar surface area (TPSA) is 43.4 Å². The van der Waals surface area contributed by atoms with Crippen molar-refractivity contribution in [2.24, 2.45) is 5.41 Å². The maximum Gasteiger partial charge on any atom is 0.313 e. The number of rotatable bonds is 4. The maximum atomic E-state index is 12.0. The molecule has 0 atom stereocenters. The van der Waals surface area contributed by atoms with Crippen molar-refractivity contribution in [1.82, 2.24) is 0 Å². The van der Waals surface area contributed by atoms with E-state index in [4.69, 9.17) is 4.74 Å². The molecule has 24 heavy (non-hydrogen) atoms. The van der Waals surface area contributed by atoms with Crippen molar-refractivity contribution in [2.45, 2.75) is 33.1 Å². The zero-order chi connectivity index (χ0) is 17.3. The van der Waals surface area contributed by atoms with Gasteiger partial charge in [0, 0.05) is 11.3 Å². The van der Waals surface area contributed by atoms with E-state index in [1.165, 1.54) is 22.3 Å². The van der Waals surface area contributed by atoms with Crippen LogP contribution in [0, 0.1) is 5.41 Å². The fraction of sp³-hybridized carbons (Fsp3) is 0.333. The van der Waals surface area contributed by atoms with Crippen LogP contribution < -0.4 is 0 Å². The summed E-state index contributed by atoms with van der Waals surface area (Å²) in [5, 5.41) is 0. The van der Waals surface area contributed by atoms with Gasteiger partial charge in [-0.3, -0.25) is 9.59 Å². The summed E-state index contributed by atoms with van der Waals surface area (Å²) in [6.07, 6.45) is -0.167. The first kappa shape index (κ1) is 16.4. The number of esters is 1. The lowest BCUT2D eigenvalue weighted by atomic mass is 9.89. The van der Waals surface area contributed by atoms with Gasteiger partial charge in [0.25, 0.3) is 0 Å². The van der Waals surface area contributed by atoms with E-state index in [-0.39, 0.29) is 24.7 Å². The fourth-order valence-corrected chi connectivity index (χ4v) is 3.06. The molecule has 0 aromatic heterocycles. The van der Waals surface area contributed by atoms with E-state index in [1.807, 2.05) is 45.0 Å². The van der Waals surface area contributed by atoms with E-state index in [1.54, 1.807) is 0 Å². The predicted octanol–water partition coefficient (Wildman–Crippen LogP) is 4.35. The molecule has 124 valence electrons. The number of fused-ring (bicyclic) bond motifs is 3. The fourth-order valence-electron chi connectivity index (χ4n) is 3.06. The molecule has 3 heteroatoms. The summed E-state index contributed by atoms with van der Waals surface area (Å²) >= 11 is 0. The lowest BCUT2D eigenvalue weighted by Crippen LogP contribution is -2.24. The number of hydrogen-bond donors (Lipinski definition) is 0. The molecule has 0 aliphatic heterocycles. The smallest absolute Gasteiger partial charge is 0.313 e. The number of carbonyl (C=O) groups excluding carboxylic acids is 2. The molecule has 0 bridgehead atoms. The van der Waals surface area contributed by atoms with Gasteiger partial charge in [-0.15, -0.1) is 0 Å². The van der Waals surface area contributed by atoms with Crippen molar-refractivity contribution in [3.05, 3.63) is 59.7 Å². The van der Waals surface area contributed by atoms with E-state index in [0.717, 1.165) is 0 Å². The van der Waals surface area contributed by atoms with Crippen LogP contribution >= 0.6 is 0 Å². The van der Waals surface area contributed by atoms with Crippen molar-refractivity contribution in [1.29, 1.82) is 0 Å². The molecular weight excluding hydrogens is 300 g/mol. The van der Waals surface area contributed by atoms with Gasteiger partial charge in [-0.25, -0.2) is 0 Å². The Kier molecular flexibility index (Phi) is 4.27. The first-order valence-electron chi connectivity index (χ1n) is 8.25. The second-order valence-corrected chi connectivity index (χ2v) is 7.26. The Hall–Kier alpha value is -2.42. The quantitative estimate of drug-likeness (QED) is 0.621. The Morgan fingerprint density at radius 1 is 0.917 bits per heavy atom. The highest BCUT2D eigenvalue weighted by molar-refractivity contribution is 5.98. The molecule has 2 aromatic carbocycles. The molecule has 0 heterocycles. The number of ether oxygens (including phenoxy) is 1. The zero-order valence-corrected chi connectivity index (χ0v) is 14.3. The second kappa shape index (κ2) is 6.23. The lowest BCUT2D eigenvalue weighted by Gasteiger charge is -2.17. The highest BCUT2D eigenvalue weighted by atomic mass is 16.5. The molecular formula is C21H22O3. The van der Waals surface area contributed by atoms with Crippen LogP contribution in [0.25, 0.3) is 11.1 Å². The normalized spacial score (nSPS) is 13.3. The van der Waals surface area contributed by atoms with Crippen LogP contribution in [0.1, 0.15) is 44.2 Å². The Morgan fingerprint density at radius 3 is 1.92 bits per heavy atom. The monoisotopic (exact) mass is 322 g/mol. The SMILES string of the molecule is CC(C)(C)C(=O)CC(=O)OCC1c2ccccc2-c2ccccc21. The molecule has 2 aromatic rings. The highest BCUT2D eigenvalue weighted by Crippen LogP contribution is 2.44. The number of carbonyl (C=O) groups is 2. The molecule has 0 saturated heterocycles. The van der Waals surface area contributed by atoms with Gasteiger partial charge in [0.05, 0.1) is 0 Å². The van der Waals surface area contributed by atoms with Gasteiger partial charge in [0.2, 0.25) is 0 Å². The highest BCUT2D eigenvalue weighted by Gasteiger charge is 2.30. The molecule has 0 spiro atoms. The van der Waals surface area contributed by atoms with Gasteiger partial charge in [-0.1, -0.05) is 69.3 Å². The first-order chi connectivity index (χ1) is 11.4. The third kappa shape index (κ3) is 3.12. The van der Waals surface area contributed by atoms with E-state index in [0.29, 0.717) is 0 Å². The van der Waals surface area contributed by atoms with Crippen LogP contribution in [-0.2, 0) is 14.3 Å². The predicted molar refractivity (Wildman–Crippen MR) is 93.8 cm³/mol. The van der Waals surface area contributed by atoms with Gasteiger partial charge in [0.15, 0.2) is 0 Å². The summed E-state index contributed by atoms with van der Waals surface area (Å²) in [5.41, 5.74) is 4.22. The molecule has 1 aliphatic rings. The van der Waals surface area contributed by atoms with Crippen LogP contribution in [0.2, 0.25) is 0 Å². The third-order valence-electron chi connectivity index (χ3n) is 4.51. The first-order valence-corrected chi connectivity index (χ1v) is 8.25. The van der Waals surface area contributed by atoms with E-state index < -0.39 is 11.4 Å². The summed E-state index contributed by atoms with van der Waals surface area (Å²) in [5.74, 6) is -0.511. The Morgan fingerprint density at radius 2 is 1.42 bits per heavy atom. The molecule has 0 amide bonds. The molecule has 0 unspecified atom stereocenters. The Bertz CT molecular complexity index is 738. The van der Waals surface area contributed by atoms with Gasteiger partial charge >= 0.3 is 5.97 Å². The average molecular weight is 322 g/mol. The summed E-state index contributed by atoms with van der Waals surface area (Å²) in [7, 11) is 0. The van der Waals surface area contributed by atoms with Crippen molar-refractivity contribution in [3.8, 4) is 11.1 Å². The van der Waals surface area contributed by atoms with Crippen molar-refractivity contribution < 1.29 is 14.3 Å². The maximum absolute atomic E-state index is 12.0. The van der Waals surface area contributed by atoms with Crippen LogP contribution in [-0.4, -0.2) is 18.4 Å². The van der Waals surface area contributed by atoms with Crippen LogP contribution in [0.5, 0.6) is 0 Å². The lowest BCUT2D eigenvalue weighted by molar-refractivity contribution is -0.147. The van der Waals surface area contributed by atoms with Crippen molar-refractivity contribution in [3.63, 3.8) is 0 Å². The minimum atomic E-state index is -0.522. The molecule has 0 radical (unpaired) electrons. The molecule has 0 N–H and O–H groups in total. The standard InChI is InChI=1S/C21H22O3/c1-21(2,3)19(22)12-20(23)24-13-18-16-10-6-4-8-14(16)15-9-5-7-11-17(15)18/h4-11,18H,12-13H2,1-3H3. The third-order valence-corrected chi connectivity index (χ3v) is 4.51. The van der Waals surface area contributed by atoms with E-state index in [2.05, 4.69) is 24.3 Å². The summed E-state index contributed by atoms with van der Waals surface area (Å²) in [6.45, 7) is 5.70. The molecule has 3 nitrogen and oxygen atoms in total. The number of Topliss-reactive ketones (excluding diaryl/α,β-unsaturated/α-hetero) is 1. The molecule has 3 rings (SSSR count). The minimum Gasteiger partial charge on any atom is -0.464 e. The van der Waals surface area contributed by atoms with Gasteiger partial charge in [-0.05, 0) is 22.3 Å². The van der Waals surface area contributed by atoms with Gasteiger partial charge in [-0.2, -0.15) is 0 Å². The van der Waals surface area contributed by atoms with Crippen molar-refractivity contribution in [2.75, 3.05) is 6.61 Å². The minimum absolute atomic E-state index is 0.0334. The molecule has 1 aliphatic carbocycles. The average Bonchev–Trinajstić information content (AvgIpc) is 2.86. The van der Waals surface area contributed by atoms with Crippen LogP contribution in [0.4, 0.5) is 0 Å². The number of hydrogen-bond acceptors (Lipinski definition) is 3. The molecule has 0 fully saturated rings. The Labute approximate surface area is 142 Å². The van der Waals surface area contributed by atoms with Gasteiger partial charge < -0.3 is 4.74 Å². The van der Waals surface area contributed by atoms with Crippen molar-refractivity contribution >= 4 is 11.8 Å². The summed E-state index contributed by atoms with van der Waals surface area (Å²) < 4.78 is 5.45. The largest absolute Gasteiger partial charge is 0.464 e.